The minimum Gasteiger partial charge on any atom is -0.452 e. The summed E-state index contributed by atoms with van der Waals surface area (Å²) in [5.74, 6) is -0.0816. The van der Waals surface area contributed by atoms with Gasteiger partial charge in [0.1, 0.15) is 5.41 Å². The van der Waals surface area contributed by atoms with Crippen LogP contribution in [0.2, 0.25) is 0 Å². The molecule has 1 fully saturated rings. The van der Waals surface area contributed by atoms with E-state index in [1.54, 1.807) is 0 Å². The number of amides is 3. The molecule has 0 atom stereocenters. The van der Waals surface area contributed by atoms with Crippen LogP contribution in [0, 0.1) is 0 Å². The number of nitrogens with zero attached hydrogens (tertiary/aromatic N) is 3. The molecule has 2 aliphatic rings. The Hall–Kier alpha value is -3.97. The fraction of sp³-hybridized carbons (Fsp3) is 0.364. The summed E-state index contributed by atoms with van der Waals surface area (Å²) < 4.78 is 4.91. The predicted molar refractivity (Wildman–Crippen MR) is 155 cm³/mol. The van der Waals surface area contributed by atoms with Crippen LogP contribution < -0.4 is 0 Å². The Kier molecular flexibility index (Phi) is 8.31. The third-order valence-corrected chi connectivity index (χ3v) is 8.38. The highest BCUT2D eigenvalue weighted by atomic mass is 16.5. The molecule has 208 valence electrons. The number of hydrogen-bond donors (Lipinski definition) is 0. The van der Waals surface area contributed by atoms with Gasteiger partial charge in [-0.3, -0.25) is 14.5 Å². The number of unbranched alkanes of at least 4 members (excludes halogenated alkanes) is 1. The number of carbonyl (C=O) groups is 3. The molecule has 3 aromatic carbocycles. The molecule has 0 spiro atoms. The van der Waals surface area contributed by atoms with Crippen LogP contribution in [0.3, 0.4) is 0 Å². The first-order valence-electron chi connectivity index (χ1n) is 14.0. The highest BCUT2D eigenvalue weighted by molar-refractivity contribution is 6.05. The fourth-order valence-electron chi connectivity index (χ4n) is 6.27. The monoisotopic (exact) mass is 539 g/mol. The smallest absolute Gasteiger partial charge is 0.415 e. The van der Waals surface area contributed by atoms with Crippen molar-refractivity contribution in [1.82, 2.24) is 14.7 Å². The van der Waals surface area contributed by atoms with E-state index in [9.17, 15) is 14.4 Å². The molecule has 0 radical (unpaired) electrons. The minimum absolute atomic E-state index is 0.180. The van der Waals surface area contributed by atoms with E-state index in [-0.39, 0.29) is 11.8 Å². The number of benzene rings is 3. The van der Waals surface area contributed by atoms with Crippen LogP contribution in [-0.4, -0.2) is 79.5 Å². The van der Waals surface area contributed by atoms with Crippen molar-refractivity contribution in [2.75, 3.05) is 46.9 Å². The first-order chi connectivity index (χ1) is 19.5. The zero-order valence-corrected chi connectivity index (χ0v) is 23.3. The molecule has 3 aromatic rings. The Bertz CT molecular complexity index is 1320. The quantitative estimate of drug-likeness (QED) is 0.387. The zero-order valence-electron chi connectivity index (χ0n) is 23.3. The topological polar surface area (TPSA) is 70.2 Å². The molecule has 7 nitrogen and oxygen atoms in total. The van der Waals surface area contributed by atoms with Gasteiger partial charge < -0.3 is 9.64 Å². The maximum absolute atomic E-state index is 14.1. The maximum atomic E-state index is 14.1. The van der Waals surface area contributed by atoms with Crippen LogP contribution in [0.15, 0.2) is 78.9 Å². The van der Waals surface area contributed by atoms with Crippen LogP contribution in [0.1, 0.15) is 36.0 Å². The van der Waals surface area contributed by atoms with E-state index in [4.69, 9.17) is 4.74 Å². The molecular formula is C33H37N3O4. The number of fused-ring (bicyclic) bond motifs is 3. The standard InChI is InChI=1S/C33H37N3O4/c1-34(32(39)40-2)31(38)33(28-16-8-6-14-26(28)27-15-7-9-17-29(27)33)18-10-11-19-35-20-22-36(23-21-35)30(37)24-25-12-4-3-5-13-25/h3-9,12-17H,10-11,18-24H2,1-2H3. The Morgan fingerprint density at radius 2 is 1.38 bits per heavy atom. The normalized spacial score (nSPS) is 15.7. The van der Waals surface area contributed by atoms with E-state index in [0.29, 0.717) is 12.8 Å². The molecule has 3 amide bonds. The zero-order chi connectivity index (χ0) is 28.1. The van der Waals surface area contributed by atoms with Gasteiger partial charge in [-0.25, -0.2) is 9.69 Å². The number of rotatable bonds is 8. The van der Waals surface area contributed by atoms with Crippen molar-refractivity contribution in [3.8, 4) is 11.1 Å². The average Bonchev–Trinajstić information content (AvgIpc) is 3.29. The summed E-state index contributed by atoms with van der Waals surface area (Å²) in [7, 11) is 2.79. The van der Waals surface area contributed by atoms with Crippen LogP contribution in [0.4, 0.5) is 4.79 Å². The Labute approximate surface area is 236 Å². The molecule has 0 aromatic heterocycles. The number of carbonyl (C=O) groups excluding carboxylic acids is 3. The van der Waals surface area contributed by atoms with Gasteiger partial charge >= 0.3 is 6.09 Å². The Morgan fingerprint density at radius 1 is 0.800 bits per heavy atom. The van der Waals surface area contributed by atoms with Gasteiger partial charge in [-0.15, -0.1) is 0 Å². The number of imide groups is 1. The summed E-state index contributed by atoms with van der Waals surface area (Å²) in [6.07, 6.45) is 2.11. The number of ether oxygens (including phenoxy) is 1. The van der Waals surface area contributed by atoms with Gasteiger partial charge in [-0.05, 0) is 47.2 Å². The third-order valence-electron chi connectivity index (χ3n) is 8.38. The molecular weight excluding hydrogens is 502 g/mol. The van der Waals surface area contributed by atoms with Crippen LogP contribution in [-0.2, 0) is 26.2 Å². The lowest BCUT2D eigenvalue weighted by molar-refractivity contribution is -0.133. The largest absolute Gasteiger partial charge is 0.452 e. The highest BCUT2D eigenvalue weighted by Crippen LogP contribution is 2.52. The number of methoxy groups -OCH3 is 1. The highest BCUT2D eigenvalue weighted by Gasteiger charge is 2.50. The molecule has 0 saturated carbocycles. The van der Waals surface area contributed by atoms with Gasteiger partial charge in [-0.2, -0.15) is 0 Å². The van der Waals surface area contributed by atoms with Crippen molar-refractivity contribution in [3.05, 3.63) is 95.6 Å². The molecule has 0 bridgehead atoms. The average molecular weight is 540 g/mol. The maximum Gasteiger partial charge on any atom is 0.415 e. The van der Waals surface area contributed by atoms with Crippen LogP contribution in [0.5, 0.6) is 0 Å². The van der Waals surface area contributed by atoms with E-state index in [2.05, 4.69) is 17.0 Å². The Balaban J connectivity index is 1.24. The van der Waals surface area contributed by atoms with Crippen molar-refractivity contribution in [2.24, 2.45) is 0 Å². The summed E-state index contributed by atoms with van der Waals surface area (Å²) in [5.41, 5.74) is 4.08. The molecule has 40 heavy (non-hydrogen) atoms. The summed E-state index contributed by atoms with van der Waals surface area (Å²) in [4.78, 5) is 44.8. The van der Waals surface area contributed by atoms with Gasteiger partial charge in [0.15, 0.2) is 0 Å². The van der Waals surface area contributed by atoms with E-state index >= 15 is 0 Å². The number of piperazine rings is 1. The summed E-state index contributed by atoms with van der Waals surface area (Å²) >= 11 is 0. The predicted octanol–water partition coefficient (Wildman–Crippen LogP) is 4.74. The molecule has 1 heterocycles. The van der Waals surface area contributed by atoms with Gasteiger partial charge in [0, 0.05) is 33.2 Å². The summed E-state index contributed by atoms with van der Waals surface area (Å²) in [6, 6.07) is 25.9. The van der Waals surface area contributed by atoms with Crippen molar-refractivity contribution >= 4 is 17.9 Å². The van der Waals surface area contributed by atoms with E-state index < -0.39 is 11.5 Å². The second-order valence-corrected chi connectivity index (χ2v) is 10.7. The molecule has 0 N–H and O–H groups in total. The van der Waals surface area contributed by atoms with E-state index in [0.717, 1.165) is 78.3 Å². The van der Waals surface area contributed by atoms with Crippen molar-refractivity contribution in [3.63, 3.8) is 0 Å². The van der Waals surface area contributed by atoms with E-state index in [1.807, 2.05) is 71.6 Å². The fourth-order valence-corrected chi connectivity index (χ4v) is 6.27. The lowest BCUT2D eigenvalue weighted by atomic mass is 9.73. The first-order valence-corrected chi connectivity index (χ1v) is 14.0. The van der Waals surface area contributed by atoms with Gasteiger partial charge in [0.2, 0.25) is 11.8 Å². The number of hydrogen-bond acceptors (Lipinski definition) is 5. The number of likely N-dealkylation sites (N-methyl/N-ethyl adjacent to an activating group) is 1. The summed E-state index contributed by atoms with van der Waals surface area (Å²) in [5, 5.41) is 0. The molecule has 1 aliphatic carbocycles. The SMILES string of the molecule is COC(=O)N(C)C(=O)C1(CCCCN2CCN(C(=O)Cc3ccccc3)CC2)c2ccccc2-c2ccccc21. The third kappa shape index (κ3) is 5.26. The molecule has 1 aliphatic heterocycles. The van der Waals surface area contributed by atoms with Crippen molar-refractivity contribution < 1.29 is 19.1 Å². The van der Waals surface area contributed by atoms with Gasteiger partial charge in [-0.1, -0.05) is 85.3 Å². The lowest BCUT2D eigenvalue weighted by Crippen LogP contribution is -2.49. The second-order valence-electron chi connectivity index (χ2n) is 10.7. The van der Waals surface area contributed by atoms with Crippen LogP contribution >= 0.6 is 0 Å². The first kappa shape index (κ1) is 27.6. The molecule has 0 unspecified atom stereocenters. The van der Waals surface area contributed by atoms with Crippen LogP contribution in [0.25, 0.3) is 11.1 Å². The van der Waals surface area contributed by atoms with Crippen molar-refractivity contribution in [2.45, 2.75) is 31.1 Å². The van der Waals surface area contributed by atoms with Crippen molar-refractivity contribution in [1.29, 1.82) is 0 Å². The van der Waals surface area contributed by atoms with E-state index in [1.165, 1.54) is 14.2 Å². The van der Waals surface area contributed by atoms with Gasteiger partial charge in [0.25, 0.3) is 0 Å². The molecule has 5 rings (SSSR count). The molecule has 7 heteroatoms. The second kappa shape index (κ2) is 12.0. The molecule has 1 saturated heterocycles. The lowest BCUT2D eigenvalue weighted by Gasteiger charge is -2.36. The Morgan fingerprint density at radius 3 is 1.98 bits per heavy atom. The van der Waals surface area contributed by atoms with Gasteiger partial charge in [0.05, 0.1) is 13.5 Å². The summed E-state index contributed by atoms with van der Waals surface area (Å²) in [6.45, 7) is 4.07. The minimum atomic E-state index is -0.946.